The van der Waals surface area contributed by atoms with E-state index >= 15 is 0 Å². The SMILES string of the molecule is CC.CCCc1nc(C)nc(CC)c1N(CCC)c1nc2c(n1C)C(C=O)C=C/C=C(/C)C2. The van der Waals surface area contributed by atoms with Gasteiger partial charge in [-0.05, 0) is 33.1 Å². The third kappa shape index (κ3) is 5.79. The molecular weight excluding hydrogens is 410 g/mol. The molecule has 1 unspecified atom stereocenters. The Morgan fingerprint density at radius 3 is 2.39 bits per heavy atom. The topological polar surface area (TPSA) is 63.9 Å². The van der Waals surface area contributed by atoms with E-state index in [1.807, 2.05) is 40.0 Å². The molecule has 6 nitrogen and oxygen atoms in total. The van der Waals surface area contributed by atoms with Crippen LogP contribution in [-0.2, 0) is 31.1 Å². The van der Waals surface area contributed by atoms with Crippen LogP contribution in [0.1, 0.15) is 88.9 Å². The fraction of sp³-hybridized carbons (Fsp3) is 0.556. The van der Waals surface area contributed by atoms with Crippen LogP contribution in [0.15, 0.2) is 23.8 Å². The first-order valence-electron chi connectivity index (χ1n) is 12.4. The maximum Gasteiger partial charge on any atom is 0.210 e. The first kappa shape index (κ1) is 26.5. The van der Waals surface area contributed by atoms with Gasteiger partial charge in [-0.3, -0.25) is 0 Å². The minimum absolute atomic E-state index is 0.302. The van der Waals surface area contributed by atoms with Gasteiger partial charge in [0.2, 0.25) is 5.95 Å². The highest BCUT2D eigenvalue weighted by molar-refractivity contribution is 5.69. The van der Waals surface area contributed by atoms with Crippen molar-refractivity contribution in [3.63, 3.8) is 0 Å². The standard InChI is InChI=1S/C25H35N5O.C2H6/c1-7-11-21-24(20(9-3)26-18(5)27-21)30(14-8-2)25-28-22-15-17(4)12-10-13-19(16-31)23(22)29(25)6;1-2/h10,12-13,16,19H,7-9,11,14-15H2,1-6H3;1-2H3/b13-10?,17-12-;. The van der Waals surface area contributed by atoms with Crippen molar-refractivity contribution in [3.05, 3.63) is 52.4 Å². The Morgan fingerprint density at radius 2 is 1.79 bits per heavy atom. The first-order chi connectivity index (χ1) is 15.9. The lowest BCUT2D eigenvalue weighted by molar-refractivity contribution is -0.108. The van der Waals surface area contributed by atoms with Crippen LogP contribution in [0.4, 0.5) is 11.6 Å². The van der Waals surface area contributed by atoms with E-state index in [0.717, 1.165) is 85.2 Å². The summed E-state index contributed by atoms with van der Waals surface area (Å²) in [7, 11) is 2.02. The monoisotopic (exact) mass is 451 g/mol. The van der Waals surface area contributed by atoms with Crippen molar-refractivity contribution >= 4 is 17.9 Å². The lowest BCUT2D eigenvalue weighted by Crippen LogP contribution is -2.26. The molecule has 0 amide bonds. The molecule has 2 aromatic heterocycles. The molecule has 0 aromatic carbocycles. The number of carbonyl (C=O) groups excluding carboxylic acids is 1. The molecule has 1 aliphatic rings. The van der Waals surface area contributed by atoms with E-state index in [4.69, 9.17) is 15.0 Å². The number of hydrogen-bond donors (Lipinski definition) is 0. The highest BCUT2D eigenvalue weighted by Gasteiger charge is 2.28. The fourth-order valence-electron chi connectivity index (χ4n) is 4.40. The molecule has 33 heavy (non-hydrogen) atoms. The summed E-state index contributed by atoms with van der Waals surface area (Å²) in [5, 5.41) is 0. The van der Waals surface area contributed by atoms with Gasteiger partial charge in [0, 0.05) is 20.0 Å². The molecule has 0 spiro atoms. The van der Waals surface area contributed by atoms with Crippen molar-refractivity contribution in [2.75, 3.05) is 11.4 Å². The van der Waals surface area contributed by atoms with Gasteiger partial charge in [-0.25, -0.2) is 15.0 Å². The highest BCUT2D eigenvalue weighted by Crippen LogP contribution is 2.35. The van der Waals surface area contributed by atoms with Crippen LogP contribution in [0.25, 0.3) is 0 Å². The number of fused-ring (bicyclic) bond motifs is 1. The van der Waals surface area contributed by atoms with Crippen molar-refractivity contribution < 1.29 is 4.79 Å². The molecule has 3 rings (SSSR count). The number of aryl methyl sites for hydroxylation is 3. The molecule has 0 aliphatic heterocycles. The summed E-state index contributed by atoms with van der Waals surface area (Å²) in [6.07, 6.45) is 11.5. The van der Waals surface area contributed by atoms with Gasteiger partial charge < -0.3 is 14.3 Å². The maximum absolute atomic E-state index is 11.9. The molecule has 0 saturated carbocycles. The van der Waals surface area contributed by atoms with E-state index in [1.165, 1.54) is 5.57 Å². The number of aromatic nitrogens is 4. The quantitative estimate of drug-likeness (QED) is 0.464. The van der Waals surface area contributed by atoms with Crippen LogP contribution in [0.2, 0.25) is 0 Å². The molecule has 1 atom stereocenters. The van der Waals surface area contributed by atoms with E-state index in [0.29, 0.717) is 0 Å². The van der Waals surface area contributed by atoms with Gasteiger partial charge in [0.25, 0.3) is 0 Å². The maximum atomic E-state index is 11.9. The Hall–Kier alpha value is -2.76. The molecule has 2 aromatic rings. The van der Waals surface area contributed by atoms with Crippen LogP contribution < -0.4 is 4.90 Å². The molecule has 2 heterocycles. The predicted molar refractivity (Wildman–Crippen MR) is 137 cm³/mol. The normalized spacial score (nSPS) is 16.6. The number of carbonyl (C=O) groups is 1. The van der Waals surface area contributed by atoms with E-state index in [-0.39, 0.29) is 5.92 Å². The first-order valence-corrected chi connectivity index (χ1v) is 12.4. The van der Waals surface area contributed by atoms with Gasteiger partial charge in [0.1, 0.15) is 12.1 Å². The van der Waals surface area contributed by atoms with Crippen molar-refractivity contribution in [1.29, 1.82) is 0 Å². The molecule has 1 aliphatic carbocycles. The van der Waals surface area contributed by atoms with Crippen LogP contribution in [-0.4, -0.2) is 32.3 Å². The Balaban J connectivity index is 0.00000187. The highest BCUT2D eigenvalue weighted by atomic mass is 16.1. The summed E-state index contributed by atoms with van der Waals surface area (Å²) in [6.45, 7) is 15.4. The number of imidazole rings is 1. The zero-order valence-corrected chi connectivity index (χ0v) is 21.8. The van der Waals surface area contributed by atoms with Crippen molar-refractivity contribution in [3.8, 4) is 0 Å². The zero-order valence-electron chi connectivity index (χ0n) is 21.8. The third-order valence-corrected chi connectivity index (χ3v) is 5.72. The van der Waals surface area contributed by atoms with Crippen molar-refractivity contribution in [1.82, 2.24) is 19.5 Å². The smallest absolute Gasteiger partial charge is 0.210 e. The Kier molecular flexibility index (Phi) is 10.0. The minimum Gasteiger partial charge on any atom is -0.316 e. The summed E-state index contributed by atoms with van der Waals surface area (Å²) < 4.78 is 2.10. The van der Waals surface area contributed by atoms with Crippen molar-refractivity contribution in [2.24, 2.45) is 7.05 Å². The van der Waals surface area contributed by atoms with Crippen LogP contribution in [0.5, 0.6) is 0 Å². The molecule has 180 valence electrons. The Bertz CT molecular complexity index is 1000. The number of aldehydes is 1. The third-order valence-electron chi connectivity index (χ3n) is 5.72. The number of hydrogen-bond acceptors (Lipinski definition) is 5. The molecule has 0 fully saturated rings. The van der Waals surface area contributed by atoms with Crippen LogP contribution >= 0.6 is 0 Å². The van der Waals surface area contributed by atoms with Gasteiger partial charge in [0.15, 0.2) is 0 Å². The number of allylic oxidation sites excluding steroid dienone is 4. The van der Waals surface area contributed by atoms with Gasteiger partial charge in [-0.1, -0.05) is 64.8 Å². The Labute approximate surface area is 199 Å². The average Bonchev–Trinajstić information content (AvgIpc) is 3.10. The second-order valence-electron chi connectivity index (χ2n) is 8.31. The number of rotatable bonds is 8. The molecule has 6 heteroatoms. The number of nitrogens with zero attached hydrogens (tertiary/aromatic N) is 5. The summed E-state index contributed by atoms with van der Waals surface area (Å²) in [4.78, 5) is 28.9. The predicted octanol–water partition coefficient (Wildman–Crippen LogP) is 5.95. The van der Waals surface area contributed by atoms with E-state index < -0.39 is 0 Å². The lowest BCUT2D eigenvalue weighted by atomic mass is 9.98. The van der Waals surface area contributed by atoms with Gasteiger partial charge >= 0.3 is 0 Å². The average molecular weight is 452 g/mol. The summed E-state index contributed by atoms with van der Waals surface area (Å²) >= 11 is 0. The molecule has 0 N–H and O–H groups in total. The van der Waals surface area contributed by atoms with Gasteiger partial charge in [-0.15, -0.1) is 0 Å². The molecule has 0 radical (unpaired) electrons. The summed E-state index contributed by atoms with van der Waals surface area (Å²) in [6, 6.07) is 0. The molecule has 0 saturated heterocycles. The van der Waals surface area contributed by atoms with E-state index in [2.05, 4.69) is 43.2 Å². The largest absolute Gasteiger partial charge is 0.316 e. The minimum atomic E-state index is -0.302. The van der Waals surface area contributed by atoms with E-state index in [1.54, 1.807) is 0 Å². The Morgan fingerprint density at radius 1 is 1.09 bits per heavy atom. The van der Waals surface area contributed by atoms with Gasteiger partial charge in [-0.2, -0.15) is 0 Å². The summed E-state index contributed by atoms with van der Waals surface area (Å²) in [5.41, 5.74) is 6.40. The van der Waals surface area contributed by atoms with Crippen molar-refractivity contribution in [2.45, 2.75) is 86.5 Å². The fourth-order valence-corrected chi connectivity index (χ4v) is 4.40. The molecular formula is C27H41N5O. The summed E-state index contributed by atoms with van der Waals surface area (Å²) in [5.74, 6) is 1.38. The second kappa shape index (κ2) is 12.5. The second-order valence-corrected chi connectivity index (χ2v) is 8.31. The van der Waals surface area contributed by atoms with E-state index in [9.17, 15) is 4.79 Å². The van der Waals surface area contributed by atoms with Crippen LogP contribution in [0, 0.1) is 6.92 Å². The molecule has 0 bridgehead atoms. The van der Waals surface area contributed by atoms with Gasteiger partial charge in [0.05, 0.1) is 34.4 Å². The zero-order chi connectivity index (χ0) is 24.5. The number of anilines is 2. The van der Waals surface area contributed by atoms with Crippen LogP contribution in [0.3, 0.4) is 0 Å². The lowest BCUT2D eigenvalue weighted by Gasteiger charge is -2.28.